The summed E-state index contributed by atoms with van der Waals surface area (Å²) in [6, 6.07) is 4.54. The Kier molecular flexibility index (Phi) is 4.01. The van der Waals surface area contributed by atoms with Crippen LogP contribution in [0.1, 0.15) is 37.6 Å². The smallest absolute Gasteiger partial charge is 0.0677 e. The third-order valence-electron chi connectivity index (χ3n) is 2.70. The number of hydrogen-bond acceptors (Lipinski definition) is 3. The van der Waals surface area contributed by atoms with Crippen molar-refractivity contribution >= 4 is 0 Å². The van der Waals surface area contributed by atoms with Gasteiger partial charge in [0, 0.05) is 12.0 Å². The maximum atomic E-state index is 4.23. The highest BCUT2D eigenvalue weighted by molar-refractivity contribution is 5.12. The molecule has 0 fully saturated rings. The standard InChI is InChI=1S/C11H19N3/c1-5-10(9(3)12-4)11-7-6-8(2)13-14-11/h6-7,9-10,12H,5H2,1-4H3. The fourth-order valence-electron chi connectivity index (χ4n) is 1.63. The van der Waals surface area contributed by atoms with E-state index in [0.717, 1.165) is 17.8 Å². The van der Waals surface area contributed by atoms with Gasteiger partial charge in [-0.05, 0) is 39.4 Å². The summed E-state index contributed by atoms with van der Waals surface area (Å²) >= 11 is 0. The van der Waals surface area contributed by atoms with Crippen molar-refractivity contribution in [2.75, 3.05) is 7.05 Å². The van der Waals surface area contributed by atoms with Gasteiger partial charge >= 0.3 is 0 Å². The van der Waals surface area contributed by atoms with Crippen LogP contribution in [-0.2, 0) is 0 Å². The molecule has 0 radical (unpaired) electrons. The molecule has 2 unspecified atom stereocenters. The van der Waals surface area contributed by atoms with E-state index in [9.17, 15) is 0 Å². The van der Waals surface area contributed by atoms with Crippen molar-refractivity contribution in [3.8, 4) is 0 Å². The summed E-state index contributed by atoms with van der Waals surface area (Å²) in [5.41, 5.74) is 2.06. The molecule has 0 spiro atoms. The molecule has 3 nitrogen and oxygen atoms in total. The second-order valence-corrected chi connectivity index (χ2v) is 3.69. The van der Waals surface area contributed by atoms with Crippen molar-refractivity contribution in [1.29, 1.82) is 0 Å². The molecule has 0 saturated heterocycles. The second kappa shape index (κ2) is 5.05. The number of aryl methyl sites for hydroxylation is 1. The fraction of sp³-hybridized carbons (Fsp3) is 0.636. The van der Waals surface area contributed by atoms with Gasteiger partial charge in [-0.1, -0.05) is 6.92 Å². The van der Waals surface area contributed by atoms with Crippen LogP contribution in [0.15, 0.2) is 12.1 Å². The van der Waals surface area contributed by atoms with Crippen LogP contribution in [0.5, 0.6) is 0 Å². The van der Waals surface area contributed by atoms with E-state index in [1.54, 1.807) is 0 Å². The van der Waals surface area contributed by atoms with Crippen LogP contribution in [-0.4, -0.2) is 23.3 Å². The molecule has 1 N–H and O–H groups in total. The van der Waals surface area contributed by atoms with E-state index in [1.165, 1.54) is 0 Å². The summed E-state index contributed by atoms with van der Waals surface area (Å²) in [7, 11) is 1.98. The van der Waals surface area contributed by atoms with Gasteiger partial charge in [0.2, 0.25) is 0 Å². The molecule has 2 atom stereocenters. The molecular formula is C11H19N3. The number of rotatable bonds is 4. The third kappa shape index (κ3) is 2.51. The summed E-state index contributed by atoms with van der Waals surface area (Å²) in [6.07, 6.45) is 1.08. The molecule has 0 aliphatic heterocycles. The molecular weight excluding hydrogens is 174 g/mol. The lowest BCUT2D eigenvalue weighted by molar-refractivity contribution is 0.470. The highest BCUT2D eigenvalue weighted by atomic mass is 15.1. The quantitative estimate of drug-likeness (QED) is 0.793. The Morgan fingerprint density at radius 1 is 1.36 bits per heavy atom. The molecule has 0 aromatic carbocycles. The molecule has 1 heterocycles. The van der Waals surface area contributed by atoms with Crippen LogP contribution in [0.4, 0.5) is 0 Å². The van der Waals surface area contributed by atoms with Crippen LogP contribution in [0, 0.1) is 6.92 Å². The number of likely N-dealkylation sites (N-methyl/N-ethyl adjacent to an activating group) is 1. The first-order chi connectivity index (χ1) is 6.69. The van der Waals surface area contributed by atoms with Gasteiger partial charge in [0.15, 0.2) is 0 Å². The molecule has 14 heavy (non-hydrogen) atoms. The molecule has 0 aliphatic carbocycles. The lowest BCUT2D eigenvalue weighted by Crippen LogP contribution is -2.29. The van der Waals surface area contributed by atoms with Gasteiger partial charge in [0.05, 0.1) is 11.4 Å². The van der Waals surface area contributed by atoms with Gasteiger partial charge in [0.25, 0.3) is 0 Å². The van der Waals surface area contributed by atoms with Crippen molar-refractivity contribution in [2.24, 2.45) is 0 Å². The van der Waals surface area contributed by atoms with Crippen LogP contribution >= 0.6 is 0 Å². The van der Waals surface area contributed by atoms with Crippen molar-refractivity contribution in [3.63, 3.8) is 0 Å². The van der Waals surface area contributed by atoms with E-state index in [0.29, 0.717) is 12.0 Å². The van der Waals surface area contributed by atoms with E-state index < -0.39 is 0 Å². The number of nitrogens with one attached hydrogen (secondary N) is 1. The van der Waals surface area contributed by atoms with E-state index in [2.05, 4.69) is 35.4 Å². The summed E-state index contributed by atoms with van der Waals surface area (Å²) in [5, 5.41) is 11.6. The van der Waals surface area contributed by atoms with E-state index in [1.807, 2.05) is 20.0 Å². The Balaban J connectivity index is 2.84. The second-order valence-electron chi connectivity index (χ2n) is 3.69. The monoisotopic (exact) mass is 193 g/mol. The number of aromatic nitrogens is 2. The van der Waals surface area contributed by atoms with Crippen molar-refractivity contribution in [2.45, 2.75) is 39.2 Å². The molecule has 0 bridgehead atoms. The molecule has 1 aromatic heterocycles. The third-order valence-corrected chi connectivity index (χ3v) is 2.70. The lowest BCUT2D eigenvalue weighted by Gasteiger charge is -2.21. The fourth-order valence-corrected chi connectivity index (χ4v) is 1.63. The Morgan fingerprint density at radius 2 is 2.07 bits per heavy atom. The summed E-state index contributed by atoms with van der Waals surface area (Å²) < 4.78 is 0. The maximum Gasteiger partial charge on any atom is 0.0677 e. The Morgan fingerprint density at radius 3 is 2.50 bits per heavy atom. The zero-order valence-electron chi connectivity index (χ0n) is 9.41. The van der Waals surface area contributed by atoms with Gasteiger partial charge in [-0.15, -0.1) is 0 Å². The topological polar surface area (TPSA) is 37.8 Å². The summed E-state index contributed by atoms with van der Waals surface area (Å²) in [4.78, 5) is 0. The van der Waals surface area contributed by atoms with Crippen LogP contribution in [0.2, 0.25) is 0 Å². The molecule has 78 valence electrons. The molecule has 1 rings (SSSR count). The lowest BCUT2D eigenvalue weighted by atomic mass is 9.94. The predicted molar refractivity (Wildman–Crippen MR) is 58.3 cm³/mol. The van der Waals surface area contributed by atoms with Crippen molar-refractivity contribution in [3.05, 3.63) is 23.5 Å². The molecule has 1 aromatic rings. The van der Waals surface area contributed by atoms with Crippen molar-refractivity contribution < 1.29 is 0 Å². The largest absolute Gasteiger partial charge is 0.317 e. The first-order valence-electron chi connectivity index (χ1n) is 5.16. The van der Waals surface area contributed by atoms with Crippen LogP contribution in [0.25, 0.3) is 0 Å². The zero-order chi connectivity index (χ0) is 10.6. The Bertz CT molecular complexity index is 268. The molecule has 3 heteroatoms. The van der Waals surface area contributed by atoms with Gasteiger partial charge in [-0.3, -0.25) is 0 Å². The minimum Gasteiger partial charge on any atom is -0.317 e. The summed E-state index contributed by atoms with van der Waals surface area (Å²) in [5.74, 6) is 0.452. The SMILES string of the molecule is CCC(c1ccc(C)nn1)C(C)NC. The minimum absolute atomic E-state index is 0.442. The highest BCUT2D eigenvalue weighted by Crippen LogP contribution is 2.20. The van der Waals surface area contributed by atoms with Gasteiger partial charge in [-0.25, -0.2) is 0 Å². The van der Waals surface area contributed by atoms with Gasteiger partial charge in [-0.2, -0.15) is 10.2 Å². The number of hydrogen-bond donors (Lipinski definition) is 1. The van der Waals surface area contributed by atoms with Crippen molar-refractivity contribution in [1.82, 2.24) is 15.5 Å². The first kappa shape index (κ1) is 11.1. The average molecular weight is 193 g/mol. The van der Waals surface area contributed by atoms with E-state index in [4.69, 9.17) is 0 Å². The Labute approximate surface area is 85.9 Å². The summed E-state index contributed by atoms with van der Waals surface area (Å²) in [6.45, 7) is 6.31. The van der Waals surface area contributed by atoms with Gasteiger partial charge < -0.3 is 5.32 Å². The van der Waals surface area contributed by atoms with E-state index in [-0.39, 0.29) is 0 Å². The average Bonchev–Trinajstić information content (AvgIpc) is 2.21. The van der Waals surface area contributed by atoms with Gasteiger partial charge in [0.1, 0.15) is 0 Å². The predicted octanol–water partition coefficient (Wildman–Crippen LogP) is 1.89. The van der Waals surface area contributed by atoms with Crippen LogP contribution in [0.3, 0.4) is 0 Å². The highest BCUT2D eigenvalue weighted by Gasteiger charge is 2.17. The molecule has 0 aliphatic rings. The molecule has 0 saturated carbocycles. The Hall–Kier alpha value is -0.960. The number of nitrogens with zero attached hydrogens (tertiary/aromatic N) is 2. The first-order valence-corrected chi connectivity index (χ1v) is 5.16. The zero-order valence-corrected chi connectivity index (χ0v) is 9.41. The maximum absolute atomic E-state index is 4.23. The van der Waals surface area contributed by atoms with E-state index >= 15 is 0 Å². The molecule has 0 amide bonds. The van der Waals surface area contributed by atoms with Crippen LogP contribution < -0.4 is 5.32 Å². The minimum atomic E-state index is 0.442. The normalized spacial score (nSPS) is 15.1.